The summed E-state index contributed by atoms with van der Waals surface area (Å²) in [5.74, 6) is 0. The van der Waals surface area contributed by atoms with E-state index in [1.54, 1.807) is 0 Å². The van der Waals surface area contributed by atoms with Crippen LogP contribution in [-0.4, -0.2) is 16.6 Å². The van der Waals surface area contributed by atoms with E-state index in [0.29, 0.717) is 12.1 Å². The van der Waals surface area contributed by atoms with E-state index in [1.165, 1.54) is 0 Å². The number of benzene rings is 1. The van der Waals surface area contributed by atoms with Crippen molar-refractivity contribution in [2.24, 2.45) is 5.73 Å². The van der Waals surface area contributed by atoms with Gasteiger partial charge in [0.15, 0.2) is 0 Å². The molecule has 8 heteroatoms. The summed E-state index contributed by atoms with van der Waals surface area (Å²) in [4.78, 5) is 9.51. The predicted molar refractivity (Wildman–Crippen MR) is 52.1 cm³/mol. The second kappa shape index (κ2) is 4.68. The van der Waals surface area contributed by atoms with Gasteiger partial charge in [-0.2, -0.15) is 13.2 Å². The van der Waals surface area contributed by atoms with Crippen molar-refractivity contribution < 1.29 is 23.2 Å². The van der Waals surface area contributed by atoms with Crippen LogP contribution in [0, 0.1) is 10.1 Å². The van der Waals surface area contributed by atoms with Crippen LogP contribution in [0.25, 0.3) is 0 Å². The number of hydrogen-bond donors (Lipinski definition) is 2. The van der Waals surface area contributed by atoms with Gasteiger partial charge < -0.3 is 10.8 Å². The third-order valence-electron chi connectivity index (χ3n) is 2.09. The third-order valence-corrected chi connectivity index (χ3v) is 2.09. The molecule has 0 heterocycles. The Balaban J connectivity index is 3.34. The highest BCUT2D eigenvalue weighted by Gasteiger charge is 2.33. The Bertz CT molecular complexity index is 434. The molecule has 0 aromatic heterocycles. The Morgan fingerprint density at radius 3 is 2.41 bits per heavy atom. The Labute approximate surface area is 93.8 Å². The maximum absolute atomic E-state index is 12.4. The third kappa shape index (κ3) is 3.14. The van der Waals surface area contributed by atoms with Crippen LogP contribution in [0.4, 0.5) is 18.9 Å². The van der Waals surface area contributed by atoms with Crippen molar-refractivity contribution in [2.45, 2.75) is 12.3 Å². The van der Waals surface area contributed by atoms with Crippen LogP contribution in [0.1, 0.15) is 17.2 Å². The van der Waals surface area contributed by atoms with Gasteiger partial charge in [0.25, 0.3) is 5.69 Å². The van der Waals surface area contributed by atoms with Crippen molar-refractivity contribution in [1.82, 2.24) is 0 Å². The van der Waals surface area contributed by atoms with Crippen LogP contribution in [0.15, 0.2) is 18.2 Å². The summed E-state index contributed by atoms with van der Waals surface area (Å²) in [7, 11) is 0. The molecule has 1 atom stereocenters. The van der Waals surface area contributed by atoms with Gasteiger partial charge in [0.1, 0.15) is 0 Å². The Morgan fingerprint density at radius 2 is 2.00 bits per heavy atom. The predicted octanol–water partition coefficient (Wildman–Crippen LogP) is 1.61. The molecule has 0 bridgehead atoms. The average Bonchev–Trinajstić information content (AvgIpc) is 2.26. The monoisotopic (exact) mass is 250 g/mol. The minimum atomic E-state index is -4.71. The first-order chi connectivity index (χ1) is 7.75. The van der Waals surface area contributed by atoms with Gasteiger partial charge in [-0.15, -0.1) is 0 Å². The standard InChI is InChI=1S/C9H9F3N2O3/c10-9(11,12)6-1-5(8(15)4-13)2-7(3-6)14(16)17/h1-3,8,15H,4,13H2/t8-/m1/s1. The first kappa shape index (κ1) is 13.4. The Kier molecular flexibility index (Phi) is 3.69. The van der Waals surface area contributed by atoms with E-state index in [2.05, 4.69) is 0 Å². The highest BCUT2D eigenvalue weighted by molar-refractivity contribution is 5.41. The number of aliphatic hydroxyl groups is 1. The van der Waals surface area contributed by atoms with E-state index in [1.807, 2.05) is 0 Å². The van der Waals surface area contributed by atoms with Crippen molar-refractivity contribution in [3.63, 3.8) is 0 Å². The number of non-ortho nitro benzene ring substituents is 1. The van der Waals surface area contributed by atoms with Crippen LogP contribution in [0.5, 0.6) is 0 Å². The molecule has 0 fully saturated rings. The second-order valence-corrected chi connectivity index (χ2v) is 3.32. The number of nitrogens with zero attached hydrogens (tertiary/aromatic N) is 1. The van der Waals surface area contributed by atoms with Crippen LogP contribution >= 0.6 is 0 Å². The molecule has 0 aliphatic rings. The molecule has 0 spiro atoms. The molecular formula is C9H9F3N2O3. The van der Waals surface area contributed by atoms with E-state index < -0.39 is 28.5 Å². The van der Waals surface area contributed by atoms with Gasteiger partial charge in [0, 0.05) is 18.7 Å². The summed E-state index contributed by atoms with van der Waals surface area (Å²) in [6.07, 6.45) is -6.08. The summed E-state index contributed by atoms with van der Waals surface area (Å²) in [6.45, 7) is -0.321. The van der Waals surface area contributed by atoms with Gasteiger partial charge in [-0.05, 0) is 11.6 Å². The van der Waals surface area contributed by atoms with Gasteiger partial charge in [-0.25, -0.2) is 0 Å². The maximum atomic E-state index is 12.4. The lowest BCUT2D eigenvalue weighted by molar-refractivity contribution is -0.385. The lowest BCUT2D eigenvalue weighted by atomic mass is 10.0. The quantitative estimate of drug-likeness (QED) is 0.629. The highest BCUT2D eigenvalue weighted by Crippen LogP contribution is 2.33. The molecule has 1 aromatic rings. The largest absolute Gasteiger partial charge is 0.416 e. The molecule has 3 N–H and O–H groups in total. The fraction of sp³-hybridized carbons (Fsp3) is 0.333. The van der Waals surface area contributed by atoms with Crippen LogP contribution in [0.2, 0.25) is 0 Å². The minimum Gasteiger partial charge on any atom is -0.387 e. The van der Waals surface area contributed by atoms with Crippen LogP contribution < -0.4 is 5.73 Å². The molecule has 0 unspecified atom stereocenters. The number of rotatable bonds is 3. The molecule has 1 aromatic carbocycles. The zero-order valence-corrected chi connectivity index (χ0v) is 8.44. The second-order valence-electron chi connectivity index (χ2n) is 3.32. The van der Waals surface area contributed by atoms with Gasteiger partial charge in [0.05, 0.1) is 16.6 Å². The van der Waals surface area contributed by atoms with Crippen molar-refractivity contribution in [2.75, 3.05) is 6.54 Å². The molecule has 0 aliphatic heterocycles. The minimum absolute atomic E-state index is 0.228. The SMILES string of the molecule is NC[C@@H](O)c1cc([N+](=O)[O-])cc(C(F)(F)F)c1. The smallest absolute Gasteiger partial charge is 0.387 e. The van der Waals surface area contributed by atoms with E-state index in [4.69, 9.17) is 5.73 Å². The van der Waals surface area contributed by atoms with Crippen molar-refractivity contribution >= 4 is 5.69 Å². The van der Waals surface area contributed by atoms with Crippen LogP contribution in [-0.2, 0) is 6.18 Å². The number of halogens is 3. The fourth-order valence-electron chi connectivity index (χ4n) is 1.23. The number of aliphatic hydroxyl groups excluding tert-OH is 1. The number of nitro benzene ring substituents is 1. The van der Waals surface area contributed by atoms with E-state index in [9.17, 15) is 28.4 Å². The molecule has 17 heavy (non-hydrogen) atoms. The summed E-state index contributed by atoms with van der Waals surface area (Å²) >= 11 is 0. The molecule has 0 aliphatic carbocycles. The van der Waals surface area contributed by atoms with Gasteiger partial charge >= 0.3 is 6.18 Å². The molecule has 5 nitrogen and oxygen atoms in total. The van der Waals surface area contributed by atoms with Gasteiger partial charge in [-0.3, -0.25) is 10.1 Å². The molecular weight excluding hydrogens is 241 g/mol. The van der Waals surface area contributed by atoms with Crippen molar-refractivity contribution in [1.29, 1.82) is 0 Å². The Morgan fingerprint density at radius 1 is 1.41 bits per heavy atom. The zero-order valence-electron chi connectivity index (χ0n) is 8.44. The zero-order chi connectivity index (χ0) is 13.2. The van der Waals surface area contributed by atoms with E-state index in [0.717, 1.165) is 6.07 Å². The first-order valence-corrected chi connectivity index (χ1v) is 4.50. The van der Waals surface area contributed by atoms with Gasteiger partial charge in [-0.1, -0.05) is 0 Å². The van der Waals surface area contributed by atoms with Crippen LogP contribution in [0.3, 0.4) is 0 Å². The summed E-state index contributed by atoms with van der Waals surface area (Å²) in [6, 6.07) is 1.92. The van der Waals surface area contributed by atoms with E-state index in [-0.39, 0.29) is 12.1 Å². The van der Waals surface area contributed by atoms with Crippen molar-refractivity contribution in [3.8, 4) is 0 Å². The molecule has 1 rings (SSSR count). The first-order valence-electron chi connectivity index (χ1n) is 4.50. The summed E-state index contributed by atoms with van der Waals surface area (Å²) in [5.41, 5.74) is 2.94. The fourth-order valence-corrected chi connectivity index (χ4v) is 1.23. The lowest BCUT2D eigenvalue weighted by Gasteiger charge is -2.12. The van der Waals surface area contributed by atoms with Gasteiger partial charge in [0.2, 0.25) is 0 Å². The van der Waals surface area contributed by atoms with E-state index >= 15 is 0 Å². The topological polar surface area (TPSA) is 89.4 Å². The summed E-state index contributed by atoms with van der Waals surface area (Å²) < 4.78 is 37.3. The highest BCUT2D eigenvalue weighted by atomic mass is 19.4. The molecule has 94 valence electrons. The number of hydrogen-bond acceptors (Lipinski definition) is 4. The molecule has 0 saturated carbocycles. The van der Waals surface area contributed by atoms with Crippen molar-refractivity contribution in [3.05, 3.63) is 39.4 Å². The number of nitrogens with two attached hydrogens (primary N) is 1. The average molecular weight is 250 g/mol. The maximum Gasteiger partial charge on any atom is 0.416 e. The molecule has 0 saturated heterocycles. The molecule has 0 amide bonds. The summed E-state index contributed by atoms with van der Waals surface area (Å²) in [5, 5.41) is 19.8. The number of nitro groups is 1. The lowest BCUT2D eigenvalue weighted by Crippen LogP contribution is -2.14. The molecule has 0 radical (unpaired) electrons. The number of alkyl halides is 3. The normalized spacial score (nSPS) is 13.5. The Hall–Kier alpha value is -1.67.